The Morgan fingerprint density at radius 3 is 2.78 bits per heavy atom. The molecule has 1 fully saturated rings. The van der Waals surface area contributed by atoms with E-state index in [1.807, 2.05) is 12.1 Å². The zero-order valence-corrected chi connectivity index (χ0v) is 14.7. The first-order chi connectivity index (χ1) is 10.5. The van der Waals surface area contributed by atoms with E-state index in [2.05, 4.69) is 4.90 Å². The molecule has 1 atom stereocenters. The smallest absolute Gasteiger partial charge is 0.255 e. The average molecular weight is 364 g/mol. The number of likely N-dealkylation sites (tertiary alicyclic amines) is 1. The van der Waals surface area contributed by atoms with Gasteiger partial charge in [-0.1, -0.05) is 11.6 Å². The van der Waals surface area contributed by atoms with Crippen LogP contribution in [-0.2, 0) is 11.3 Å². The van der Waals surface area contributed by atoms with Crippen LogP contribution in [0.25, 0.3) is 0 Å². The lowest BCUT2D eigenvalue weighted by Crippen LogP contribution is -2.23. The van der Waals surface area contributed by atoms with Gasteiger partial charge in [0.15, 0.2) is 18.1 Å². The van der Waals surface area contributed by atoms with Gasteiger partial charge in [-0.2, -0.15) is 0 Å². The number of nitrogens with two attached hydrogens (primary N) is 2. The Labute approximate surface area is 147 Å². The molecule has 1 amide bonds. The molecule has 1 aromatic carbocycles. The van der Waals surface area contributed by atoms with Gasteiger partial charge in [-0.3, -0.25) is 9.69 Å². The van der Waals surface area contributed by atoms with Crippen molar-refractivity contribution in [2.75, 3.05) is 33.4 Å². The normalized spacial score (nSPS) is 17.6. The fourth-order valence-electron chi connectivity index (χ4n) is 2.65. The van der Waals surface area contributed by atoms with Gasteiger partial charge in [0, 0.05) is 13.1 Å². The van der Waals surface area contributed by atoms with Crippen LogP contribution in [0, 0.1) is 5.92 Å². The van der Waals surface area contributed by atoms with Crippen LogP contribution in [-0.4, -0.2) is 44.2 Å². The maximum atomic E-state index is 10.8. The van der Waals surface area contributed by atoms with Crippen molar-refractivity contribution in [1.29, 1.82) is 0 Å². The van der Waals surface area contributed by atoms with Gasteiger partial charge < -0.3 is 20.9 Å². The molecule has 2 rings (SSSR count). The number of benzene rings is 1. The minimum atomic E-state index is -0.563. The summed E-state index contributed by atoms with van der Waals surface area (Å²) in [6, 6.07) is 3.70. The highest BCUT2D eigenvalue weighted by Crippen LogP contribution is 2.37. The lowest BCUT2D eigenvalue weighted by Gasteiger charge is -2.18. The lowest BCUT2D eigenvalue weighted by atomic mass is 10.1. The first-order valence-corrected chi connectivity index (χ1v) is 7.61. The Balaban J connectivity index is 0.00000264. The van der Waals surface area contributed by atoms with Crippen molar-refractivity contribution in [3.05, 3.63) is 22.7 Å². The number of hydrogen-bond acceptors (Lipinski definition) is 5. The van der Waals surface area contributed by atoms with Gasteiger partial charge >= 0.3 is 0 Å². The van der Waals surface area contributed by atoms with Gasteiger partial charge in [-0.25, -0.2) is 0 Å². The van der Waals surface area contributed by atoms with Crippen LogP contribution >= 0.6 is 24.0 Å². The van der Waals surface area contributed by atoms with Crippen LogP contribution in [0.2, 0.25) is 5.02 Å². The molecule has 130 valence electrons. The number of hydrogen-bond donors (Lipinski definition) is 2. The molecule has 0 aromatic heterocycles. The second kappa shape index (κ2) is 9.17. The van der Waals surface area contributed by atoms with Crippen LogP contribution in [0.4, 0.5) is 0 Å². The van der Waals surface area contributed by atoms with E-state index in [9.17, 15) is 4.79 Å². The summed E-state index contributed by atoms with van der Waals surface area (Å²) < 4.78 is 10.6. The number of halogens is 2. The van der Waals surface area contributed by atoms with Gasteiger partial charge in [-0.15, -0.1) is 12.4 Å². The third-order valence-corrected chi connectivity index (χ3v) is 4.04. The maximum Gasteiger partial charge on any atom is 0.255 e. The van der Waals surface area contributed by atoms with Crippen molar-refractivity contribution in [3.63, 3.8) is 0 Å². The number of amides is 1. The minimum absolute atomic E-state index is 0. The van der Waals surface area contributed by atoms with Gasteiger partial charge in [0.2, 0.25) is 0 Å². The molecule has 1 unspecified atom stereocenters. The van der Waals surface area contributed by atoms with E-state index >= 15 is 0 Å². The summed E-state index contributed by atoms with van der Waals surface area (Å²) in [6.07, 6.45) is 1.13. The van der Waals surface area contributed by atoms with Gasteiger partial charge in [0.25, 0.3) is 5.91 Å². The van der Waals surface area contributed by atoms with E-state index in [0.717, 1.165) is 38.2 Å². The SMILES string of the molecule is COc1cc(CN2CCC(CN)C2)cc(Cl)c1OCC(N)=O.Cl. The lowest BCUT2D eigenvalue weighted by molar-refractivity contribution is -0.119. The number of carbonyl (C=O) groups excluding carboxylic acids is 1. The molecular weight excluding hydrogens is 341 g/mol. The van der Waals surface area contributed by atoms with Crippen molar-refractivity contribution in [2.24, 2.45) is 17.4 Å². The van der Waals surface area contributed by atoms with E-state index < -0.39 is 5.91 Å². The molecular formula is C15H23Cl2N3O3. The number of carbonyl (C=O) groups is 1. The van der Waals surface area contributed by atoms with E-state index in [4.69, 9.17) is 32.5 Å². The summed E-state index contributed by atoms with van der Waals surface area (Å²) in [6.45, 7) is 3.29. The fraction of sp³-hybridized carbons (Fsp3) is 0.533. The zero-order chi connectivity index (χ0) is 16.1. The molecule has 8 heteroatoms. The van der Waals surface area contributed by atoms with Gasteiger partial charge in [0.05, 0.1) is 12.1 Å². The summed E-state index contributed by atoms with van der Waals surface area (Å²) in [7, 11) is 1.53. The molecule has 0 bridgehead atoms. The predicted molar refractivity (Wildman–Crippen MR) is 92.4 cm³/mol. The summed E-state index contributed by atoms with van der Waals surface area (Å²) >= 11 is 6.24. The van der Waals surface area contributed by atoms with Gasteiger partial charge in [0.1, 0.15) is 0 Å². The first kappa shape index (κ1) is 19.8. The van der Waals surface area contributed by atoms with Crippen molar-refractivity contribution in [1.82, 2.24) is 4.90 Å². The summed E-state index contributed by atoms with van der Waals surface area (Å²) in [4.78, 5) is 13.2. The fourth-order valence-corrected chi connectivity index (χ4v) is 2.94. The summed E-state index contributed by atoms with van der Waals surface area (Å²) in [5, 5.41) is 0.408. The highest BCUT2D eigenvalue weighted by molar-refractivity contribution is 6.32. The molecule has 1 saturated heterocycles. The van der Waals surface area contributed by atoms with Crippen molar-refractivity contribution < 1.29 is 14.3 Å². The quantitative estimate of drug-likeness (QED) is 0.764. The number of ether oxygens (including phenoxy) is 2. The maximum absolute atomic E-state index is 10.8. The Hall–Kier alpha value is -1.21. The molecule has 1 aliphatic rings. The average Bonchev–Trinajstić information content (AvgIpc) is 2.93. The standard InChI is InChI=1S/C15H22ClN3O3.ClH/c1-21-13-5-11(8-19-3-2-10(6-17)7-19)4-12(16)15(13)22-9-14(18)20;/h4-5,10H,2-3,6-9,17H2,1H3,(H2,18,20);1H. The molecule has 0 saturated carbocycles. The second-order valence-corrected chi connectivity index (χ2v) is 5.90. The number of methoxy groups -OCH3 is 1. The molecule has 4 N–H and O–H groups in total. The third-order valence-electron chi connectivity index (χ3n) is 3.76. The summed E-state index contributed by atoms with van der Waals surface area (Å²) in [5.74, 6) is 0.842. The number of nitrogens with zero attached hydrogens (tertiary/aromatic N) is 1. The van der Waals surface area contributed by atoms with Crippen molar-refractivity contribution in [2.45, 2.75) is 13.0 Å². The van der Waals surface area contributed by atoms with E-state index in [-0.39, 0.29) is 19.0 Å². The van der Waals surface area contributed by atoms with Crippen LogP contribution in [0.5, 0.6) is 11.5 Å². The largest absolute Gasteiger partial charge is 0.493 e. The Kier molecular flexibility index (Phi) is 7.91. The Morgan fingerprint density at radius 2 is 2.22 bits per heavy atom. The monoisotopic (exact) mass is 363 g/mol. The first-order valence-electron chi connectivity index (χ1n) is 7.23. The van der Waals surface area contributed by atoms with E-state index in [0.29, 0.717) is 22.4 Å². The van der Waals surface area contributed by atoms with Gasteiger partial charge in [-0.05, 0) is 43.1 Å². The van der Waals surface area contributed by atoms with Crippen LogP contribution in [0.1, 0.15) is 12.0 Å². The number of rotatable bonds is 7. The molecule has 0 radical (unpaired) electrons. The molecule has 0 aliphatic carbocycles. The highest BCUT2D eigenvalue weighted by Gasteiger charge is 2.22. The predicted octanol–water partition coefficient (Wildman–Crippen LogP) is 1.42. The molecule has 1 aliphatic heterocycles. The van der Waals surface area contributed by atoms with Crippen LogP contribution in [0.3, 0.4) is 0 Å². The minimum Gasteiger partial charge on any atom is -0.493 e. The van der Waals surface area contributed by atoms with Crippen molar-refractivity contribution in [3.8, 4) is 11.5 Å². The second-order valence-electron chi connectivity index (χ2n) is 5.49. The van der Waals surface area contributed by atoms with E-state index in [1.165, 1.54) is 7.11 Å². The van der Waals surface area contributed by atoms with Crippen LogP contribution in [0.15, 0.2) is 12.1 Å². The highest BCUT2D eigenvalue weighted by atomic mass is 35.5. The Morgan fingerprint density at radius 1 is 1.48 bits per heavy atom. The summed E-state index contributed by atoms with van der Waals surface area (Å²) in [5.41, 5.74) is 11.8. The molecule has 23 heavy (non-hydrogen) atoms. The zero-order valence-electron chi connectivity index (χ0n) is 13.1. The van der Waals surface area contributed by atoms with E-state index in [1.54, 1.807) is 0 Å². The molecule has 0 spiro atoms. The molecule has 1 heterocycles. The number of primary amides is 1. The van der Waals surface area contributed by atoms with Crippen molar-refractivity contribution >= 4 is 29.9 Å². The van der Waals surface area contributed by atoms with Crippen LogP contribution < -0.4 is 20.9 Å². The third kappa shape index (κ3) is 5.42. The Bertz CT molecular complexity index is 543. The topological polar surface area (TPSA) is 90.8 Å². The molecule has 1 aromatic rings. The molecule has 6 nitrogen and oxygen atoms in total.